The molecule has 0 amide bonds. The lowest BCUT2D eigenvalue weighted by molar-refractivity contribution is 0.142. The molecule has 1 aromatic heterocycles. The first kappa shape index (κ1) is 21.6. The van der Waals surface area contributed by atoms with E-state index in [1.165, 1.54) is 37.1 Å². The maximum absolute atomic E-state index is 5.51. The molecule has 0 saturated carbocycles. The number of nitrogens with zero attached hydrogens (tertiary/aromatic N) is 4. The summed E-state index contributed by atoms with van der Waals surface area (Å²) in [5.41, 5.74) is 3.67. The number of benzene rings is 2. The molecule has 0 spiro atoms. The maximum Gasteiger partial charge on any atom is 0.122 e. The van der Waals surface area contributed by atoms with Gasteiger partial charge in [0.2, 0.25) is 0 Å². The predicted octanol–water partition coefficient (Wildman–Crippen LogP) is 4.27. The first-order valence-corrected chi connectivity index (χ1v) is 11.3. The molecule has 0 bridgehead atoms. The van der Waals surface area contributed by atoms with E-state index in [9.17, 15) is 0 Å². The van der Waals surface area contributed by atoms with Crippen LogP contribution in [-0.2, 0) is 13.0 Å². The highest BCUT2D eigenvalue weighted by atomic mass is 16.5. The zero-order valence-corrected chi connectivity index (χ0v) is 18.8. The van der Waals surface area contributed by atoms with Gasteiger partial charge in [-0.1, -0.05) is 36.4 Å². The quantitative estimate of drug-likeness (QED) is 0.520. The SMILES string of the molecule is COc1ccccc1CCN1CCCC(CN(C)Cc2cnn(-c3ccccc3)c2)C1. The Labute approximate surface area is 186 Å². The number of piperidine rings is 1. The highest BCUT2D eigenvalue weighted by Crippen LogP contribution is 2.21. The summed E-state index contributed by atoms with van der Waals surface area (Å²) in [7, 11) is 3.99. The molecule has 0 N–H and O–H groups in total. The van der Waals surface area contributed by atoms with Crippen molar-refractivity contribution in [2.45, 2.75) is 25.8 Å². The van der Waals surface area contributed by atoms with E-state index in [1.807, 2.05) is 35.1 Å². The third-order valence-corrected chi connectivity index (χ3v) is 6.17. The summed E-state index contributed by atoms with van der Waals surface area (Å²) in [5, 5.41) is 4.54. The van der Waals surface area contributed by atoms with Crippen LogP contribution in [0.15, 0.2) is 67.0 Å². The fourth-order valence-electron chi connectivity index (χ4n) is 4.67. The van der Waals surface area contributed by atoms with Crippen LogP contribution in [0, 0.1) is 5.92 Å². The molecule has 0 aliphatic carbocycles. The molecule has 1 unspecified atom stereocenters. The third kappa shape index (κ3) is 5.96. The molecule has 1 aliphatic heterocycles. The van der Waals surface area contributed by atoms with Gasteiger partial charge in [-0.15, -0.1) is 0 Å². The van der Waals surface area contributed by atoms with Crippen molar-refractivity contribution >= 4 is 0 Å². The Morgan fingerprint density at radius 3 is 2.74 bits per heavy atom. The van der Waals surface area contributed by atoms with Gasteiger partial charge in [0.1, 0.15) is 5.75 Å². The normalized spacial score (nSPS) is 17.2. The van der Waals surface area contributed by atoms with Crippen LogP contribution in [0.2, 0.25) is 0 Å². The fourth-order valence-corrected chi connectivity index (χ4v) is 4.67. The largest absolute Gasteiger partial charge is 0.496 e. The standard InChI is InChI=1S/C26H34N4O/c1-28(19-23-17-27-30(21-23)25-11-4-3-5-12-25)18-22-9-8-15-29(20-22)16-14-24-10-6-7-13-26(24)31-2/h3-7,10-13,17,21-22H,8-9,14-16,18-20H2,1-2H3. The second-order valence-corrected chi connectivity index (χ2v) is 8.70. The first-order chi connectivity index (χ1) is 15.2. The van der Waals surface area contributed by atoms with Crippen molar-refractivity contribution in [3.8, 4) is 11.4 Å². The molecular weight excluding hydrogens is 384 g/mol. The third-order valence-electron chi connectivity index (χ3n) is 6.17. The van der Waals surface area contributed by atoms with Crippen LogP contribution in [0.5, 0.6) is 5.75 Å². The van der Waals surface area contributed by atoms with Gasteiger partial charge < -0.3 is 14.5 Å². The van der Waals surface area contributed by atoms with Crippen LogP contribution in [0.1, 0.15) is 24.0 Å². The Morgan fingerprint density at radius 2 is 1.90 bits per heavy atom. The molecule has 0 radical (unpaired) electrons. The molecule has 164 valence electrons. The number of hydrogen-bond acceptors (Lipinski definition) is 4. The van der Waals surface area contributed by atoms with Crippen molar-refractivity contribution in [2.24, 2.45) is 5.92 Å². The van der Waals surface area contributed by atoms with Crippen LogP contribution in [0.3, 0.4) is 0 Å². The van der Waals surface area contributed by atoms with Gasteiger partial charge in [-0.05, 0) is 62.5 Å². The number of ether oxygens (including phenoxy) is 1. The van der Waals surface area contributed by atoms with E-state index in [0.717, 1.165) is 43.4 Å². The van der Waals surface area contributed by atoms with Gasteiger partial charge >= 0.3 is 0 Å². The summed E-state index contributed by atoms with van der Waals surface area (Å²) in [5.74, 6) is 1.73. The zero-order chi connectivity index (χ0) is 21.5. The van der Waals surface area contributed by atoms with Crippen molar-refractivity contribution in [3.05, 3.63) is 78.1 Å². The Kier molecular flexibility index (Phi) is 7.39. The summed E-state index contributed by atoms with van der Waals surface area (Å²) < 4.78 is 7.48. The molecule has 1 atom stereocenters. The maximum atomic E-state index is 5.51. The van der Waals surface area contributed by atoms with Crippen molar-refractivity contribution in [3.63, 3.8) is 0 Å². The molecular formula is C26H34N4O. The molecule has 3 aromatic rings. The van der Waals surface area contributed by atoms with Crippen LogP contribution < -0.4 is 4.74 Å². The van der Waals surface area contributed by atoms with Crippen molar-refractivity contribution in [2.75, 3.05) is 40.3 Å². The smallest absolute Gasteiger partial charge is 0.122 e. The van der Waals surface area contributed by atoms with Gasteiger partial charge in [-0.25, -0.2) is 4.68 Å². The second-order valence-electron chi connectivity index (χ2n) is 8.70. The summed E-state index contributed by atoms with van der Waals surface area (Å²) >= 11 is 0. The van der Waals surface area contributed by atoms with Crippen molar-refractivity contribution in [1.29, 1.82) is 0 Å². The minimum Gasteiger partial charge on any atom is -0.496 e. The Bertz CT molecular complexity index is 939. The minimum absolute atomic E-state index is 0.723. The molecule has 4 rings (SSSR count). The van der Waals surface area contributed by atoms with Gasteiger partial charge in [0.15, 0.2) is 0 Å². The highest BCUT2D eigenvalue weighted by Gasteiger charge is 2.21. The number of hydrogen-bond donors (Lipinski definition) is 0. The average molecular weight is 419 g/mol. The van der Waals surface area contributed by atoms with E-state index in [-0.39, 0.29) is 0 Å². The zero-order valence-electron chi connectivity index (χ0n) is 18.8. The van der Waals surface area contributed by atoms with Crippen LogP contribution in [-0.4, -0.2) is 59.9 Å². The highest BCUT2D eigenvalue weighted by molar-refractivity contribution is 5.33. The van der Waals surface area contributed by atoms with E-state index < -0.39 is 0 Å². The topological polar surface area (TPSA) is 33.5 Å². The summed E-state index contributed by atoms with van der Waals surface area (Å²) in [4.78, 5) is 5.07. The number of methoxy groups -OCH3 is 1. The first-order valence-electron chi connectivity index (χ1n) is 11.3. The fraction of sp³-hybridized carbons (Fsp3) is 0.423. The predicted molar refractivity (Wildman–Crippen MR) is 126 cm³/mol. The molecule has 2 heterocycles. The van der Waals surface area contributed by atoms with E-state index in [1.54, 1.807) is 7.11 Å². The monoisotopic (exact) mass is 418 g/mol. The molecule has 1 aliphatic rings. The molecule has 31 heavy (non-hydrogen) atoms. The Balaban J connectivity index is 1.26. The van der Waals surface area contributed by atoms with E-state index in [0.29, 0.717) is 0 Å². The van der Waals surface area contributed by atoms with Crippen LogP contribution in [0.25, 0.3) is 5.69 Å². The number of rotatable bonds is 9. The lowest BCUT2D eigenvalue weighted by Crippen LogP contribution is -2.40. The molecule has 1 fully saturated rings. The molecule has 5 heteroatoms. The van der Waals surface area contributed by atoms with Crippen molar-refractivity contribution in [1.82, 2.24) is 19.6 Å². The summed E-state index contributed by atoms with van der Waals surface area (Å²) in [6.07, 6.45) is 7.79. The van der Waals surface area contributed by atoms with Gasteiger partial charge in [-0.2, -0.15) is 5.10 Å². The Morgan fingerprint density at radius 1 is 1.10 bits per heavy atom. The van der Waals surface area contributed by atoms with Gasteiger partial charge in [0, 0.05) is 37.9 Å². The number of para-hydroxylation sites is 2. The average Bonchev–Trinajstić information content (AvgIpc) is 3.27. The molecule has 2 aromatic carbocycles. The minimum atomic E-state index is 0.723. The van der Waals surface area contributed by atoms with Crippen LogP contribution >= 0.6 is 0 Å². The summed E-state index contributed by atoms with van der Waals surface area (Å²) in [6, 6.07) is 18.7. The number of likely N-dealkylation sites (tertiary alicyclic amines) is 1. The summed E-state index contributed by atoms with van der Waals surface area (Å²) in [6.45, 7) is 5.55. The lowest BCUT2D eigenvalue weighted by atomic mass is 9.97. The van der Waals surface area contributed by atoms with E-state index in [2.05, 4.69) is 58.5 Å². The lowest BCUT2D eigenvalue weighted by Gasteiger charge is -2.34. The van der Waals surface area contributed by atoms with Crippen LogP contribution in [0.4, 0.5) is 0 Å². The van der Waals surface area contributed by atoms with E-state index >= 15 is 0 Å². The van der Waals surface area contributed by atoms with Gasteiger partial charge in [-0.3, -0.25) is 0 Å². The van der Waals surface area contributed by atoms with Gasteiger partial charge in [0.25, 0.3) is 0 Å². The second kappa shape index (κ2) is 10.6. The van der Waals surface area contributed by atoms with E-state index in [4.69, 9.17) is 4.74 Å². The Hall–Kier alpha value is -2.63. The van der Waals surface area contributed by atoms with Gasteiger partial charge in [0.05, 0.1) is 19.0 Å². The number of aromatic nitrogens is 2. The molecule has 5 nitrogen and oxygen atoms in total. The van der Waals surface area contributed by atoms with Crippen molar-refractivity contribution < 1.29 is 4.74 Å². The molecule has 1 saturated heterocycles.